The molecule has 0 aliphatic carbocycles. The summed E-state index contributed by atoms with van der Waals surface area (Å²) < 4.78 is 0. The average Bonchev–Trinajstić information content (AvgIpc) is 2.14. The van der Waals surface area contributed by atoms with Crippen molar-refractivity contribution in [3.05, 3.63) is 35.4 Å². The molecule has 0 amide bonds. The molecule has 14 heavy (non-hydrogen) atoms. The first-order valence-corrected chi connectivity index (χ1v) is 4.84. The van der Waals surface area contributed by atoms with E-state index in [-0.39, 0.29) is 17.9 Å². The standard InChI is InChI=1S/C11H16N2.ClH/c1-2-9-5-3-4-6-10(9)11(12)7-13-8-11;/h3-6,13H,2,7-8,12H2,1H3;1H. The van der Waals surface area contributed by atoms with Gasteiger partial charge in [0.25, 0.3) is 0 Å². The Balaban J connectivity index is 0.000000980. The van der Waals surface area contributed by atoms with Crippen molar-refractivity contribution >= 4 is 12.4 Å². The quantitative estimate of drug-likeness (QED) is 0.779. The molecule has 1 fully saturated rings. The summed E-state index contributed by atoms with van der Waals surface area (Å²) in [6, 6.07) is 8.47. The molecular formula is C11H17ClN2. The number of hydrogen-bond donors (Lipinski definition) is 2. The molecule has 0 spiro atoms. The lowest BCUT2D eigenvalue weighted by molar-refractivity contribution is 0.285. The van der Waals surface area contributed by atoms with Crippen molar-refractivity contribution in [2.75, 3.05) is 13.1 Å². The van der Waals surface area contributed by atoms with Crippen molar-refractivity contribution in [3.8, 4) is 0 Å². The van der Waals surface area contributed by atoms with Gasteiger partial charge in [-0.1, -0.05) is 31.2 Å². The van der Waals surface area contributed by atoms with Crippen LogP contribution in [0.25, 0.3) is 0 Å². The molecule has 0 aromatic heterocycles. The van der Waals surface area contributed by atoms with Gasteiger partial charge >= 0.3 is 0 Å². The van der Waals surface area contributed by atoms with Crippen LogP contribution in [0.15, 0.2) is 24.3 Å². The van der Waals surface area contributed by atoms with Crippen molar-refractivity contribution in [1.82, 2.24) is 5.32 Å². The number of hydrogen-bond acceptors (Lipinski definition) is 2. The molecule has 1 aromatic carbocycles. The zero-order valence-corrected chi connectivity index (χ0v) is 9.23. The van der Waals surface area contributed by atoms with E-state index in [1.807, 2.05) is 0 Å². The number of rotatable bonds is 2. The minimum absolute atomic E-state index is 0. The second-order valence-corrected chi connectivity index (χ2v) is 3.77. The van der Waals surface area contributed by atoms with Gasteiger partial charge in [0, 0.05) is 13.1 Å². The van der Waals surface area contributed by atoms with Crippen LogP contribution in [0.5, 0.6) is 0 Å². The third kappa shape index (κ3) is 1.78. The summed E-state index contributed by atoms with van der Waals surface area (Å²) in [6.07, 6.45) is 1.06. The first kappa shape index (κ1) is 11.5. The first-order chi connectivity index (χ1) is 6.26. The third-order valence-corrected chi connectivity index (χ3v) is 2.82. The predicted molar refractivity (Wildman–Crippen MR) is 61.8 cm³/mol. The van der Waals surface area contributed by atoms with Crippen LogP contribution in [0.1, 0.15) is 18.1 Å². The van der Waals surface area contributed by atoms with E-state index in [0.717, 1.165) is 19.5 Å². The zero-order chi connectivity index (χ0) is 9.31. The number of aryl methyl sites for hydroxylation is 1. The Morgan fingerprint density at radius 3 is 2.50 bits per heavy atom. The molecule has 1 saturated heterocycles. The first-order valence-electron chi connectivity index (χ1n) is 4.84. The molecule has 0 atom stereocenters. The molecule has 2 nitrogen and oxygen atoms in total. The van der Waals surface area contributed by atoms with Crippen LogP contribution in [-0.4, -0.2) is 13.1 Å². The van der Waals surface area contributed by atoms with Crippen LogP contribution in [0.4, 0.5) is 0 Å². The van der Waals surface area contributed by atoms with Gasteiger partial charge in [0.05, 0.1) is 5.54 Å². The molecule has 3 N–H and O–H groups in total. The molecule has 1 aliphatic heterocycles. The molecule has 1 aromatic rings. The van der Waals surface area contributed by atoms with E-state index < -0.39 is 0 Å². The topological polar surface area (TPSA) is 38.0 Å². The number of nitrogens with one attached hydrogen (secondary N) is 1. The summed E-state index contributed by atoms with van der Waals surface area (Å²) in [5, 5.41) is 3.23. The minimum Gasteiger partial charge on any atom is -0.319 e. The van der Waals surface area contributed by atoms with E-state index in [1.165, 1.54) is 11.1 Å². The Hall–Kier alpha value is -0.570. The fourth-order valence-electron chi connectivity index (χ4n) is 1.90. The summed E-state index contributed by atoms with van der Waals surface area (Å²) in [7, 11) is 0. The normalized spacial score (nSPS) is 18.1. The van der Waals surface area contributed by atoms with Gasteiger partial charge in [0.1, 0.15) is 0 Å². The molecule has 78 valence electrons. The number of benzene rings is 1. The van der Waals surface area contributed by atoms with Crippen LogP contribution in [-0.2, 0) is 12.0 Å². The van der Waals surface area contributed by atoms with Gasteiger partial charge in [-0.3, -0.25) is 0 Å². The smallest absolute Gasteiger partial charge is 0.0665 e. The van der Waals surface area contributed by atoms with E-state index in [2.05, 4.69) is 36.5 Å². The zero-order valence-electron chi connectivity index (χ0n) is 8.42. The maximum absolute atomic E-state index is 6.24. The molecule has 2 rings (SSSR count). The summed E-state index contributed by atoms with van der Waals surface area (Å²) >= 11 is 0. The van der Waals surface area contributed by atoms with Gasteiger partial charge in [-0.2, -0.15) is 0 Å². The fraction of sp³-hybridized carbons (Fsp3) is 0.455. The maximum Gasteiger partial charge on any atom is 0.0665 e. The molecule has 3 heteroatoms. The summed E-state index contributed by atoms with van der Waals surface area (Å²) in [5.74, 6) is 0. The highest BCUT2D eigenvalue weighted by Crippen LogP contribution is 2.25. The van der Waals surface area contributed by atoms with Crippen molar-refractivity contribution in [2.24, 2.45) is 5.73 Å². The van der Waals surface area contributed by atoms with Crippen molar-refractivity contribution in [1.29, 1.82) is 0 Å². The van der Waals surface area contributed by atoms with Crippen LogP contribution in [0, 0.1) is 0 Å². The molecule has 0 saturated carbocycles. The van der Waals surface area contributed by atoms with Crippen LogP contribution in [0.3, 0.4) is 0 Å². The Bertz CT molecular complexity index is 308. The third-order valence-electron chi connectivity index (χ3n) is 2.82. The molecule has 1 heterocycles. The summed E-state index contributed by atoms with van der Waals surface area (Å²) in [4.78, 5) is 0. The largest absolute Gasteiger partial charge is 0.319 e. The lowest BCUT2D eigenvalue weighted by atomic mass is 9.82. The second kappa shape index (κ2) is 4.30. The van der Waals surface area contributed by atoms with Gasteiger partial charge in [0.15, 0.2) is 0 Å². The highest BCUT2D eigenvalue weighted by atomic mass is 35.5. The predicted octanol–water partition coefficient (Wildman–Crippen LogP) is 1.43. The minimum atomic E-state index is -0.105. The number of halogens is 1. The molecule has 0 unspecified atom stereocenters. The molecular weight excluding hydrogens is 196 g/mol. The highest BCUT2D eigenvalue weighted by molar-refractivity contribution is 5.85. The van der Waals surface area contributed by atoms with E-state index in [0.29, 0.717) is 0 Å². The summed E-state index contributed by atoms with van der Waals surface area (Å²) in [5.41, 5.74) is 8.83. The van der Waals surface area contributed by atoms with Gasteiger partial charge in [-0.15, -0.1) is 12.4 Å². The Labute approximate surface area is 91.3 Å². The lowest BCUT2D eigenvalue weighted by Crippen LogP contribution is -2.63. The van der Waals surface area contributed by atoms with Crippen LogP contribution < -0.4 is 11.1 Å². The maximum atomic E-state index is 6.24. The van der Waals surface area contributed by atoms with Crippen LogP contribution >= 0.6 is 12.4 Å². The fourth-order valence-corrected chi connectivity index (χ4v) is 1.90. The van der Waals surface area contributed by atoms with Crippen LogP contribution in [0.2, 0.25) is 0 Å². The Morgan fingerprint density at radius 1 is 1.36 bits per heavy atom. The molecule has 1 aliphatic rings. The van der Waals surface area contributed by atoms with Gasteiger partial charge < -0.3 is 11.1 Å². The van der Waals surface area contributed by atoms with Crippen molar-refractivity contribution < 1.29 is 0 Å². The Morgan fingerprint density at radius 2 is 2.00 bits per heavy atom. The monoisotopic (exact) mass is 212 g/mol. The van der Waals surface area contributed by atoms with Gasteiger partial charge in [0.2, 0.25) is 0 Å². The summed E-state index contributed by atoms with van der Waals surface area (Å²) in [6.45, 7) is 3.99. The SMILES string of the molecule is CCc1ccccc1C1(N)CNC1.Cl. The van der Waals surface area contributed by atoms with Crippen molar-refractivity contribution in [2.45, 2.75) is 18.9 Å². The van der Waals surface area contributed by atoms with E-state index >= 15 is 0 Å². The number of nitrogens with two attached hydrogens (primary N) is 1. The second-order valence-electron chi connectivity index (χ2n) is 3.77. The van der Waals surface area contributed by atoms with E-state index in [9.17, 15) is 0 Å². The lowest BCUT2D eigenvalue weighted by Gasteiger charge is -2.40. The Kier molecular flexibility index (Phi) is 3.53. The molecule has 0 bridgehead atoms. The molecule has 0 radical (unpaired) electrons. The highest BCUT2D eigenvalue weighted by Gasteiger charge is 2.35. The van der Waals surface area contributed by atoms with Gasteiger partial charge in [-0.05, 0) is 17.5 Å². The average molecular weight is 213 g/mol. The van der Waals surface area contributed by atoms with Crippen molar-refractivity contribution in [3.63, 3.8) is 0 Å². The van der Waals surface area contributed by atoms with Gasteiger partial charge in [-0.25, -0.2) is 0 Å². The van der Waals surface area contributed by atoms with E-state index in [4.69, 9.17) is 5.73 Å². The van der Waals surface area contributed by atoms with E-state index in [1.54, 1.807) is 0 Å².